The lowest BCUT2D eigenvalue weighted by molar-refractivity contribution is 0.0705. The highest BCUT2D eigenvalue weighted by molar-refractivity contribution is 9.10. The normalized spacial score (nSPS) is 19.8. The molecule has 4 nitrogen and oxygen atoms in total. The van der Waals surface area contributed by atoms with Crippen molar-refractivity contribution in [1.29, 1.82) is 0 Å². The molecule has 0 saturated carbocycles. The van der Waals surface area contributed by atoms with Crippen LogP contribution in [0.3, 0.4) is 0 Å². The standard InChI is InChI=1S/C11H13BrN2O2/c1-14(9-4-5-16-7-9)11(15)10-3-2-8(12)6-13-10/h2-3,6,9H,4-5,7H2,1H3. The van der Waals surface area contributed by atoms with Gasteiger partial charge in [0.1, 0.15) is 5.69 Å². The lowest BCUT2D eigenvalue weighted by Crippen LogP contribution is -2.37. The summed E-state index contributed by atoms with van der Waals surface area (Å²) in [6, 6.07) is 3.72. The second-order valence-electron chi connectivity index (χ2n) is 3.80. The molecule has 86 valence electrons. The van der Waals surface area contributed by atoms with Crippen LogP contribution in [0.2, 0.25) is 0 Å². The molecule has 0 N–H and O–H groups in total. The average molecular weight is 285 g/mol. The number of carbonyl (C=O) groups excluding carboxylic acids is 1. The van der Waals surface area contributed by atoms with Gasteiger partial charge in [-0.15, -0.1) is 0 Å². The fraction of sp³-hybridized carbons (Fsp3) is 0.455. The Morgan fingerprint density at radius 3 is 3.00 bits per heavy atom. The Morgan fingerprint density at radius 1 is 1.62 bits per heavy atom. The van der Waals surface area contributed by atoms with E-state index in [0.29, 0.717) is 12.3 Å². The molecule has 0 spiro atoms. The first-order chi connectivity index (χ1) is 7.68. The molecule has 1 aliphatic rings. The summed E-state index contributed by atoms with van der Waals surface area (Å²) in [6.07, 6.45) is 2.53. The Bertz CT molecular complexity index is 374. The monoisotopic (exact) mass is 284 g/mol. The van der Waals surface area contributed by atoms with E-state index in [1.807, 2.05) is 6.07 Å². The number of aromatic nitrogens is 1. The summed E-state index contributed by atoms with van der Waals surface area (Å²) in [7, 11) is 1.80. The Kier molecular flexibility index (Phi) is 3.56. The van der Waals surface area contributed by atoms with Crippen molar-refractivity contribution in [3.8, 4) is 0 Å². The van der Waals surface area contributed by atoms with Crippen LogP contribution >= 0.6 is 15.9 Å². The second-order valence-corrected chi connectivity index (χ2v) is 4.71. The van der Waals surface area contributed by atoms with Crippen LogP contribution in [0.25, 0.3) is 0 Å². The molecule has 0 aliphatic carbocycles. The van der Waals surface area contributed by atoms with Crippen molar-refractivity contribution < 1.29 is 9.53 Å². The molecule has 0 radical (unpaired) electrons. The van der Waals surface area contributed by atoms with Gasteiger partial charge >= 0.3 is 0 Å². The van der Waals surface area contributed by atoms with Gasteiger partial charge in [-0.05, 0) is 34.5 Å². The SMILES string of the molecule is CN(C(=O)c1ccc(Br)cn1)C1CCOC1. The summed E-state index contributed by atoms with van der Waals surface area (Å²) < 4.78 is 6.13. The molecule has 1 fully saturated rings. The zero-order valence-corrected chi connectivity index (χ0v) is 10.6. The van der Waals surface area contributed by atoms with Gasteiger partial charge in [-0.2, -0.15) is 0 Å². The molecule has 1 aromatic rings. The molecule has 2 heterocycles. The van der Waals surface area contributed by atoms with Gasteiger partial charge < -0.3 is 9.64 Å². The topological polar surface area (TPSA) is 42.4 Å². The molecule has 1 saturated heterocycles. The summed E-state index contributed by atoms with van der Waals surface area (Å²) >= 11 is 3.29. The van der Waals surface area contributed by atoms with Gasteiger partial charge in [-0.3, -0.25) is 4.79 Å². The van der Waals surface area contributed by atoms with Crippen molar-refractivity contribution >= 4 is 21.8 Å². The van der Waals surface area contributed by atoms with Gasteiger partial charge in [-0.1, -0.05) is 0 Å². The molecule has 0 bridgehead atoms. The molecule has 1 aromatic heterocycles. The van der Waals surface area contributed by atoms with E-state index in [4.69, 9.17) is 4.74 Å². The number of ether oxygens (including phenoxy) is 1. The number of halogens is 1. The minimum Gasteiger partial charge on any atom is -0.379 e. The lowest BCUT2D eigenvalue weighted by Gasteiger charge is -2.22. The molecular formula is C11H13BrN2O2. The zero-order chi connectivity index (χ0) is 11.5. The molecule has 16 heavy (non-hydrogen) atoms. The number of nitrogens with zero attached hydrogens (tertiary/aromatic N) is 2. The molecule has 1 amide bonds. The third-order valence-corrected chi connectivity index (χ3v) is 3.19. The summed E-state index contributed by atoms with van der Waals surface area (Å²) in [5, 5.41) is 0. The van der Waals surface area contributed by atoms with E-state index in [0.717, 1.165) is 17.5 Å². The largest absolute Gasteiger partial charge is 0.379 e. The maximum atomic E-state index is 12.0. The average Bonchev–Trinajstić information content (AvgIpc) is 2.81. The van der Waals surface area contributed by atoms with Crippen molar-refractivity contribution in [2.24, 2.45) is 0 Å². The Labute approximate surface area is 103 Å². The smallest absolute Gasteiger partial charge is 0.272 e. The van der Waals surface area contributed by atoms with E-state index in [1.54, 1.807) is 24.2 Å². The number of amides is 1. The minimum absolute atomic E-state index is 0.0528. The van der Waals surface area contributed by atoms with E-state index in [-0.39, 0.29) is 11.9 Å². The van der Waals surface area contributed by atoms with Gasteiger partial charge in [0.25, 0.3) is 5.91 Å². The van der Waals surface area contributed by atoms with E-state index in [2.05, 4.69) is 20.9 Å². The van der Waals surface area contributed by atoms with Crippen LogP contribution in [-0.4, -0.2) is 42.1 Å². The quantitative estimate of drug-likeness (QED) is 0.830. The number of pyridine rings is 1. The highest BCUT2D eigenvalue weighted by Crippen LogP contribution is 2.14. The van der Waals surface area contributed by atoms with Gasteiger partial charge in [0.2, 0.25) is 0 Å². The van der Waals surface area contributed by atoms with Crippen LogP contribution in [0.4, 0.5) is 0 Å². The fourth-order valence-corrected chi connectivity index (χ4v) is 1.91. The van der Waals surface area contributed by atoms with E-state index < -0.39 is 0 Å². The molecule has 1 aliphatic heterocycles. The Hall–Kier alpha value is -0.940. The lowest BCUT2D eigenvalue weighted by atomic mass is 10.2. The van der Waals surface area contributed by atoms with Gasteiger partial charge in [0.05, 0.1) is 12.6 Å². The van der Waals surface area contributed by atoms with Crippen molar-refractivity contribution in [3.05, 3.63) is 28.5 Å². The first-order valence-electron chi connectivity index (χ1n) is 5.15. The number of rotatable bonds is 2. The zero-order valence-electron chi connectivity index (χ0n) is 9.02. The highest BCUT2D eigenvalue weighted by atomic mass is 79.9. The summed E-state index contributed by atoms with van der Waals surface area (Å²) in [6.45, 7) is 1.36. The van der Waals surface area contributed by atoms with Crippen LogP contribution in [0.1, 0.15) is 16.9 Å². The number of hydrogen-bond acceptors (Lipinski definition) is 3. The van der Waals surface area contributed by atoms with Crippen molar-refractivity contribution in [3.63, 3.8) is 0 Å². The first-order valence-corrected chi connectivity index (χ1v) is 5.94. The van der Waals surface area contributed by atoms with Crippen LogP contribution < -0.4 is 0 Å². The number of likely N-dealkylation sites (N-methyl/N-ethyl adjacent to an activating group) is 1. The van der Waals surface area contributed by atoms with Gasteiger partial charge in [-0.25, -0.2) is 4.98 Å². The van der Waals surface area contributed by atoms with Crippen LogP contribution in [0.15, 0.2) is 22.8 Å². The molecule has 0 aromatic carbocycles. The number of carbonyl (C=O) groups is 1. The minimum atomic E-state index is -0.0528. The Balaban J connectivity index is 2.08. The van der Waals surface area contributed by atoms with Crippen molar-refractivity contribution in [2.75, 3.05) is 20.3 Å². The highest BCUT2D eigenvalue weighted by Gasteiger charge is 2.25. The summed E-state index contributed by atoms with van der Waals surface area (Å²) in [5.41, 5.74) is 0.470. The van der Waals surface area contributed by atoms with Crippen LogP contribution in [0, 0.1) is 0 Å². The first kappa shape index (κ1) is 11.5. The van der Waals surface area contributed by atoms with Crippen molar-refractivity contribution in [2.45, 2.75) is 12.5 Å². The van der Waals surface area contributed by atoms with Crippen LogP contribution in [-0.2, 0) is 4.74 Å². The van der Waals surface area contributed by atoms with Crippen LogP contribution in [0.5, 0.6) is 0 Å². The maximum absolute atomic E-state index is 12.0. The Morgan fingerprint density at radius 2 is 2.44 bits per heavy atom. The second kappa shape index (κ2) is 4.93. The molecule has 2 rings (SSSR count). The molecule has 1 unspecified atom stereocenters. The third-order valence-electron chi connectivity index (χ3n) is 2.72. The van der Waals surface area contributed by atoms with E-state index in [9.17, 15) is 4.79 Å². The van der Waals surface area contributed by atoms with E-state index >= 15 is 0 Å². The molecule has 1 atom stereocenters. The van der Waals surface area contributed by atoms with E-state index in [1.165, 1.54) is 0 Å². The predicted octanol–water partition coefficient (Wildman–Crippen LogP) is 1.71. The fourth-order valence-electron chi connectivity index (χ4n) is 1.68. The third kappa shape index (κ3) is 2.41. The van der Waals surface area contributed by atoms with Crippen molar-refractivity contribution in [1.82, 2.24) is 9.88 Å². The molecular weight excluding hydrogens is 272 g/mol. The van der Waals surface area contributed by atoms with Gasteiger partial charge in [0, 0.05) is 24.3 Å². The summed E-state index contributed by atoms with van der Waals surface area (Å²) in [5.74, 6) is -0.0528. The number of hydrogen-bond donors (Lipinski definition) is 0. The summed E-state index contributed by atoms with van der Waals surface area (Å²) in [4.78, 5) is 17.8. The predicted molar refractivity (Wildman–Crippen MR) is 63.3 cm³/mol. The maximum Gasteiger partial charge on any atom is 0.272 e. The van der Waals surface area contributed by atoms with Gasteiger partial charge in [0.15, 0.2) is 0 Å². The molecule has 5 heteroatoms.